The monoisotopic (exact) mass is 516 g/mol. The lowest BCUT2D eigenvalue weighted by atomic mass is 10.0. The van der Waals surface area contributed by atoms with Crippen LogP contribution in [0.15, 0.2) is 36.7 Å². The summed E-state index contributed by atoms with van der Waals surface area (Å²) in [5, 5.41) is 0. The maximum Gasteiger partial charge on any atom is 0.159 e. The molecule has 0 bridgehead atoms. The Bertz CT molecular complexity index is 797. The van der Waals surface area contributed by atoms with Gasteiger partial charge in [-0.2, -0.15) is 0 Å². The molecule has 0 saturated carbocycles. The zero-order valence-electron chi connectivity index (χ0n) is 23.4. The van der Waals surface area contributed by atoms with E-state index in [-0.39, 0.29) is 6.61 Å². The van der Waals surface area contributed by atoms with E-state index in [4.69, 9.17) is 4.74 Å². The molecule has 2 aromatic rings. The zero-order valence-corrected chi connectivity index (χ0v) is 23.4. The van der Waals surface area contributed by atoms with E-state index in [0.717, 1.165) is 24.8 Å². The number of unbranched alkanes of at least 4 members (excludes halogenated alkanes) is 9. The number of hydrogen-bond acceptors (Lipinski definition) is 3. The number of aryl methyl sites for hydroxylation is 1. The quantitative estimate of drug-likeness (QED) is 0.146. The van der Waals surface area contributed by atoms with Gasteiger partial charge in [0.1, 0.15) is 12.3 Å². The first-order valence-electron chi connectivity index (χ1n) is 14.9. The van der Waals surface area contributed by atoms with Crippen LogP contribution in [0, 0.1) is 0 Å². The third-order valence-corrected chi connectivity index (χ3v) is 7.01. The van der Waals surface area contributed by atoms with Crippen LogP contribution in [0.25, 0.3) is 11.4 Å². The molecule has 2 atom stereocenters. The first-order valence-corrected chi connectivity index (χ1v) is 14.9. The Morgan fingerprint density at radius 1 is 0.649 bits per heavy atom. The predicted molar refractivity (Wildman–Crippen MR) is 152 cm³/mol. The summed E-state index contributed by atoms with van der Waals surface area (Å²) in [6, 6.07) is 8.50. The molecule has 1 heterocycles. The van der Waals surface area contributed by atoms with Gasteiger partial charge in [-0.3, -0.25) is 0 Å². The summed E-state index contributed by atoms with van der Waals surface area (Å²) in [5.41, 5.74) is 2.34. The van der Waals surface area contributed by atoms with Crippen LogP contribution >= 0.6 is 0 Å². The number of ether oxygens (including phenoxy) is 1. The second-order valence-electron chi connectivity index (χ2n) is 10.4. The van der Waals surface area contributed by atoms with Gasteiger partial charge in [0.05, 0.1) is 19.0 Å². The Labute approximate surface area is 224 Å². The molecule has 0 radical (unpaired) electrons. The Balaban J connectivity index is 1.60. The molecule has 0 amide bonds. The normalized spacial score (nSPS) is 13.0. The Morgan fingerprint density at radius 2 is 1.19 bits per heavy atom. The lowest BCUT2D eigenvalue weighted by Crippen LogP contribution is -2.09. The van der Waals surface area contributed by atoms with Crippen molar-refractivity contribution in [3.63, 3.8) is 0 Å². The highest BCUT2D eigenvalue weighted by molar-refractivity contribution is 5.55. The molecular formula is C32H50F2N2O. The largest absolute Gasteiger partial charge is 0.490 e. The predicted octanol–water partition coefficient (Wildman–Crippen LogP) is 10.0. The average Bonchev–Trinajstić information content (AvgIpc) is 2.92. The van der Waals surface area contributed by atoms with Gasteiger partial charge in [-0.05, 0) is 44.1 Å². The minimum atomic E-state index is -0.965. The highest BCUT2D eigenvalue weighted by Gasteiger charge is 2.11. The number of aromatic nitrogens is 2. The molecule has 0 spiro atoms. The van der Waals surface area contributed by atoms with E-state index in [0.29, 0.717) is 43.7 Å². The summed E-state index contributed by atoms with van der Waals surface area (Å²) >= 11 is 0. The maximum atomic E-state index is 14.1. The van der Waals surface area contributed by atoms with Gasteiger partial charge in [-0.25, -0.2) is 18.7 Å². The molecule has 0 aliphatic heterocycles. The van der Waals surface area contributed by atoms with Gasteiger partial charge in [-0.15, -0.1) is 0 Å². The van der Waals surface area contributed by atoms with Gasteiger partial charge in [-0.1, -0.05) is 102 Å². The van der Waals surface area contributed by atoms with Gasteiger partial charge in [0.2, 0.25) is 0 Å². The van der Waals surface area contributed by atoms with Crippen molar-refractivity contribution in [1.82, 2.24) is 9.97 Å². The maximum absolute atomic E-state index is 14.1. The minimum absolute atomic E-state index is 0.270. The van der Waals surface area contributed by atoms with Gasteiger partial charge in [0.15, 0.2) is 11.6 Å². The van der Waals surface area contributed by atoms with E-state index in [1.807, 2.05) is 0 Å². The number of halogens is 2. The molecule has 0 aliphatic carbocycles. The van der Waals surface area contributed by atoms with Crippen LogP contribution in [-0.4, -0.2) is 28.9 Å². The van der Waals surface area contributed by atoms with Crippen LogP contribution in [0.1, 0.15) is 122 Å². The first-order chi connectivity index (χ1) is 18.1. The molecule has 37 heavy (non-hydrogen) atoms. The molecule has 0 saturated heterocycles. The summed E-state index contributed by atoms with van der Waals surface area (Å²) < 4.78 is 33.4. The van der Waals surface area contributed by atoms with Crippen molar-refractivity contribution in [2.24, 2.45) is 0 Å². The summed E-state index contributed by atoms with van der Waals surface area (Å²) in [7, 11) is 0. The van der Waals surface area contributed by atoms with Gasteiger partial charge >= 0.3 is 0 Å². The fraction of sp³-hybridized carbons (Fsp3) is 0.688. The number of rotatable bonds is 22. The molecule has 0 fully saturated rings. The first kappa shape index (κ1) is 31.2. The van der Waals surface area contributed by atoms with E-state index in [1.165, 1.54) is 63.4 Å². The van der Waals surface area contributed by atoms with Gasteiger partial charge in [0.25, 0.3) is 0 Å². The lowest BCUT2D eigenvalue weighted by Gasteiger charge is -2.11. The Kier molecular flexibility index (Phi) is 16.8. The number of nitrogens with zero attached hydrogens (tertiary/aromatic N) is 2. The number of alkyl halides is 2. The topological polar surface area (TPSA) is 35.0 Å². The van der Waals surface area contributed by atoms with Crippen LogP contribution in [0.3, 0.4) is 0 Å². The second-order valence-corrected chi connectivity index (χ2v) is 10.4. The van der Waals surface area contributed by atoms with E-state index in [9.17, 15) is 8.78 Å². The lowest BCUT2D eigenvalue weighted by molar-refractivity contribution is 0.212. The van der Waals surface area contributed by atoms with Crippen LogP contribution in [0.2, 0.25) is 0 Å². The van der Waals surface area contributed by atoms with E-state index in [2.05, 4.69) is 48.1 Å². The number of hydrogen-bond donors (Lipinski definition) is 0. The molecule has 5 heteroatoms. The van der Waals surface area contributed by atoms with Crippen molar-refractivity contribution >= 4 is 0 Å². The minimum Gasteiger partial charge on any atom is -0.490 e. The smallest absolute Gasteiger partial charge is 0.159 e. The van der Waals surface area contributed by atoms with Crippen LogP contribution in [0.4, 0.5) is 8.78 Å². The summed E-state index contributed by atoms with van der Waals surface area (Å²) in [4.78, 5) is 8.84. The fourth-order valence-electron chi connectivity index (χ4n) is 4.58. The van der Waals surface area contributed by atoms with Gasteiger partial charge in [0, 0.05) is 12.0 Å². The second kappa shape index (κ2) is 20.0. The molecule has 0 aliphatic rings. The Morgan fingerprint density at radius 3 is 1.81 bits per heavy atom. The summed E-state index contributed by atoms with van der Waals surface area (Å²) in [6.45, 7) is 4.59. The number of benzene rings is 1. The SMILES string of the molecule is CCCCCCCCCCCc1ccc(-c2ncc(OCCC(F)CCCC(F)CCCC)cn2)cc1. The van der Waals surface area contributed by atoms with Crippen molar-refractivity contribution in [3.05, 3.63) is 42.2 Å². The zero-order chi connectivity index (χ0) is 26.6. The molecule has 1 aromatic carbocycles. The summed E-state index contributed by atoms with van der Waals surface area (Å²) in [6.07, 6.45) is 19.0. The fourth-order valence-corrected chi connectivity index (χ4v) is 4.58. The molecule has 3 nitrogen and oxygen atoms in total. The van der Waals surface area contributed by atoms with E-state index < -0.39 is 12.3 Å². The average molecular weight is 517 g/mol. The third-order valence-electron chi connectivity index (χ3n) is 7.01. The standard InChI is InChI=1S/C32H50F2N2O/c1-3-5-7-8-9-10-11-12-13-15-27-19-21-28(22-20-27)32-35-25-31(26-36-32)37-24-23-30(34)18-14-17-29(33)16-6-4-2/h19-22,25-26,29-30H,3-18,23-24H2,1-2H3. The molecule has 208 valence electrons. The summed E-state index contributed by atoms with van der Waals surface area (Å²) in [5.74, 6) is 1.20. The molecular weight excluding hydrogens is 466 g/mol. The van der Waals surface area contributed by atoms with Crippen molar-refractivity contribution < 1.29 is 13.5 Å². The van der Waals surface area contributed by atoms with Gasteiger partial charge < -0.3 is 4.74 Å². The molecule has 2 rings (SSSR count). The third kappa shape index (κ3) is 14.5. The molecule has 2 unspecified atom stereocenters. The Hall–Kier alpha value is -2.04. The van der Waals surface area contributed by atoms with Crippen molar-refractivity contribution in [3.8, 4) is 17.1 Å². The van der Waals surface area contributed by atoms with E-state index in [1.54, 1.807) is 12.4 Å². The highest BCUT2D eigenvalue weighted by Crippen LogP contribution is 2.20. The highest BCUT2D eigenvalue weighted by atomic mass is 19.1. The van der Waals surface area contributed by atoms with Crippen LogP contribution in [-0.2, 0) is 6.42 Å². The van der Waals surface area contributed by atoms with Crippen molar-refractivity contribution in [1.29, 1.82) is 0 Å². The van der Waals surface area contributed by atoms with Crippen LogP contribution < -0.4 is 4.74 Å². The molecule has 0 N–H and O–H groups in total. The van der Waals surface area contributed by atoms with Crippen molar-refractivity contribution in [2.75, 3.05) is 6.61 Å². The molecule has 1 aromatic heterocycles. The van der Waals surface area contributed by atoms with Crippen LogP contribution in [0.5, 0.6) is 5.75 Å². The van der Waals surface area contributed by atoms with E-state index >= 15 is 0 Å². The van der Waals surface area contributed by atoms with Crippen molar-refractivity contribution in [2.45, 2.75) is 135 Å².